The lowest BCUT2D eigenvalue weighted by Gasteiger charge is -2.29. The Kier molecular flexibility index (Phi) is 5.52. The Morgan fingerprint density at radius 1 is 1.42 bits per heavy atom. The van der Waals surface area contributed by atoms with Crippen LogP contribution in [0.15, 0.2) is 22.7 Å². The summed E-state index contributed by atoms with van der Waals surface area (Å²) in [5.74, 6) is -0.149. The fraction of sp³-hybridized carbons (Fsp3) is 0.353. The largest absolute Gasteiger partial charge is 0.359 e. The molecule has 26 heavy (non-hydrogen) atoms. The molecule has 1 fully saturated rings. The van der Waals surface area contributed by atoms with Gasteiger partial charge in [0.15, 0.2) is 5.69 Å². The molecule has 3 rings (SSSR count). The average molecular weight is 441 g/mol. The van der Waals surface area contributed by atoms with Gasteiger partial charge in [-0.3, -0.25) is 14.7 Å². The van der Waals surface area contributed by atoms with Crippen LogP contribution in [0.3, 0.4) is 0 Å². The number of aromatic nitrogens is 2. The van der Waals surface area contributed by atoms with E-state index in [1.807, 2.05) is 18.7 Å². The maximum Gasteiger partial charge on any atom is 0.277 e. The second-order valence-electron chi connectivity index (χ2n) is 6.35. The Labute approximate surface area is 164 Å². The third kappa shape index (κ3) is 3.86. The van der Waals surface area contributed by atoms with E-state index in [4.69, 9.17) is 11.6 Å². The number of carbonyl (C=O) groups is 2. The molecule has 9 heteroatoms. The normalized spacial score (nSPS) is 14.5. The van der Waals surface area contributed by atoms with Gasteiger partial charge in [-0.05, 0) is 40.0 Å². The van der Waals surface area contributed by atoms with Crippen molar-refractivity contribution >= 4 is 50.7 Å². The summed E-state index contributed by atoms with van der Waals surface area (Å²) in [6.07, 6.45) is 0. The topological polar surface area (TPSA) is 90.1 Å². The number of halogens is 2. The molecule has 0 radical (unpaired) electrons. The minimum atomic E-state index is -0.332. The van der Waals surface area contributed by atoms with Crippen LogP contribution in [0.1, 0.15) is 35.9 Å². The molecule has 3 N–H and O–H groups in total. The van der Waals surface area contributed by atoms with Gasteiger partial charge in [0, 0.05) is 18.8 Å². The van der Waals surface area contributed by atoms with E-state index in [2.05, 4.69) is 36.8 Å². The third-order valence-electron chi connectivity index (χ3n) is 4.11. The van der Waals surface area contributed by atoms with Crippen molar-refractivity contribution in [3.05, 3.63) is 39.1 Å². The zero-order valence-corrected chi connectivity index (χ0v) is 16.7. The maximum absolute atomic E-state index is 12.5. The van der Waals surface area contributed by atoms with Gasteiger partial charge in [-0.25, -0.2) is 0 Å². The van der Waals surface area contributed by atoms with Crippen LogP contribution in [0.5, 0.6) is 0 Å². The summed E-state index contributed by atoms with van der Waals surface area (Å²) in [7, 11) is 0. The number of nitrogens with zero attached hydrogens (tertiary/aromatic N) is 2. The van der Waals surface area contributed by atoms with Gasteiger partial charge < -0.3 is 15.5 Å². The number of piperazine rings is 1. The van der Waals surface area contributed by atoms with Gasteiger partial charge in [0.25, 0.3) is 5.91 Å². The fourth-order valence-corrected chi connectivity index (χ4v) is 3.87. The number of anilines is 2. The molecule has 7 nitrogen and oxygen atoms in total. The highest BCUT2D eigenvalue weighted by atomic mass is 79.9. The molecule has 0 bridgehead atoms. The van der Waals surface area contributed by atoms with Crippen molar-refractivity contribution in [3.8, 4) is 0 Å². The van der Waals surface area contributed by atoms with Crippen molar-refractivity contribution < 1.29 is 9.59 Å². The summed E-state index contributed by atoms with van der Waals surface area (Å²) in [6.45, 7) is 5.57. The molecule has 1 aliphatic heterocycles. The Hall–Kier alpha value is -2.06. The minimum absolute atomic E-state index is 0.0333. The van der Waals surface area contributed by atoms with Crippen molar-refractivity contribution in [2.24, 2.45) is 0 Å². The molecule has 1 aliphatic rings. The lowest BCUT2D eigenvalue weighted by molar-refractivity contribution is -0.120. The van der Waals surface area contributed by atoms with Crippen molar-refractivity contribution in [1.29, 1.82) is 0 Å². The van der Waals surface area contributed by atoms with E-state index in [1.165, 1.54) is 0 Å². The van der Waals surface area contributed by atoms with Crippen LogP contribution in [0.2, 0.25) is 5.02 Å². The van der Waals surface area contributed by atoms with Gasteiger partial charge in [-0.1, -0.05) is 25.4 Å². The first kappa shape index (κ1) is 18.7. The molecule has 1 aromatic heterocycles. The quantitative estimate of drug-likeness (QED) is 0.681. The van der Waals surface area contributed by atoms with Crippen LogP contribution < -0.4 is 15.5 Å². The van der Waals surface area contributed by atoms with Crippen molar-refractivity contribution in [2.75, 3.05) is 29.9 Å². The average Bonchev–Trinajstić information content (AvgIpc) is 2.97. The molecule has 2 amide bonds. The highest BCUT2D eigenvalue weighted by molar-refractivity contribution is 9.10. The molecule has 0 saturated carbocycles. The van der Waals surface area contributed by atoms with Crippen LogP contribution in [0.4, 0.5) is 11.4 Å². The summed E-state index contributed by atoms with van der Waals surface area (Å²) in [4.78, 5) is 25.9. The first-order chi connectivity index (χ1) is 12.4. The summed E-state index contributed by atoms with van der Waals surface area (Å²) >= 11 is 9.79. The molecule has 2 aromatic rings. The number of hydrogen-bond donors (Lipinski definition) is 3. The highest BCUT2D eigenvalue weighted by Gasteiger charge is 2.21. The maximum atomic E-state index is 12.5. The number of benzene rings is 1. The molecular formula is C17H19BrClN5O2. The Bertz CT molecular complexity index is 852. The molecule has 0 spiro atoms. The SMILES string of the molecule is CC(C)c1[nH]nc(C(=O)Nc2ccc(N3CCNC(=O)C3)c(Cl)c2)c1Br. The van der Waals surface area contributed by atoms with E-state index in [1.54, 1.807) is 18.2 Å². The van der Waals surface area contributed by atoms with Gasteiger partial charge in [0.05, 0.1) is 27.4 Å². The van der Waals surface area contributed by atoms with Gasteiger partial charge in [-0.2, -0.15) is 5.10 Å². The van der Waals surface area contributed by atoms with Crippen LogP contribution >= 0.6 is 27.5 Å². The van der Waals surface area contributed by atoms with Gasteiger partial charge in [0.1, 0.15) is 0 Å². The highest BCUT2D eigenvalue weighted by Crippen LogP contribution is 2.30. The number of nitrogens with one attached hydrogen (secondary N) is 3. The van der Waals surface area contributed by atoms with E-state index in [-0.39, 0.29) is 24.3 Å². The second-order valence-corrected chi connectivity index (χ2v) is 7.55. The predicted molar refractivity (Wildman–Crippen MR) is 105 cm³/mol. The van der Waals surface area contributed by atoms with Crippen molar-refractivity contribution in [2.45, 2.75) is 19.8 Å². The number of rotatable bonds is 4. The number of aromatic amines is 1. The van der Waals surface area contributed by atoms with E-state index in [9.17, 15) is 9.59 Å². The van der Waals surface area contributed by atoms with E-state index in [0.717, 1.165) is 11.4 Å². The monoisotopic (exact) mass is 439 g/mol. The molecule has 1 aromatic carbocycles. The smallest absolute Gasteiger partial charge is 0.277 e. The van der Waals surface area contributed by atoms with Crippen molar-refractivity contribution in [1.82, 2.24) is 15.5 Å². The second kappa shape index (κ2) is 7.67. The summed E-state index contributed by atoms with van der Waals surface area (Å²) in [6, 6.07) is 5.23. The third-order valence-corrected chi connectivity index (χ3v) is 5.22. The van der Waals surface area contributed by atoms with E-state index >= 15 is 0 Å². The summed E-state index contributed by atoms with van der Waals surface area (Å²) in [5, 5.41) is 13.0. The van der Waals surface area contributed by atoms with Crippen molar-refractivity contribution in [3.63, 3.8) is 0 Å². The van der Waals surface area contributed by atoms with Crippen LogP contribution in [0.25, 0.3) is 0 Å². The number of hydrogen-bond acceptors (Lipinski definition) is 4. The van der Waals surface area contributed by atoms with Crippen LogP contribution in [0, 0.1) is 0 Å². The Morgan fingerprint density at radius 3 is 2.81 bits per heavy atom. The van der Waals surface area contributed by atoms with Gasteiger partial charge >= 0.3 is 0 Å². The van der Waals surface area contributed by atoms with Crippen LogP contribution in [-0.4, -0.2) is 41.6 Å². The minimum Gasteiger partial charge on any atom is -0.359 e. The summed E-state index contributed by atoms with van der Waals surface area (Å²) in [5.41, 5.74) is 2.49. The first-order valence-corrected chi connectivity index (χ1v) is 9.40. The zero-order chi connectivity index (χ0) is 18.8. The Balaban J connectivity index is 1.75. The van der Waals surface area contributed by atoms with Gasteiger partial charge in [0.2, 0.25) is 5.91 Å². The molecule has 138 valence electrons. The standard InChI is InChI=1S/C17H19BrClN5O2/c1-9(2)15-14(18)16(23-22-15)17(26)21-10-3-4-12(11(19)7-10)24-6-5-20-13(25)8-24/h3-4,7,9H,5-6,8H2,1-2H3,(H,20,25)(H,21,26)(H,22,23). The first-order valence-electron chi connectivity index (χ1n) is 8.23. The lowest BCUT2D eigenvalue weighted by atomic mass is 10.1. The van der Waals surface area contributed by atoms with E-state index < -0.39 is 0 Å². The molecule has 0 unspecified atom stereocenters. The van der Waals surface area contributed by atoms with E-state index in [0.29, 0.717) is 34.0 Å². The zero-order valence-electron chi connectivity index (χ0n) is 14.4. The fourth-order valence-electron chi connectivity index (χ4n) is 2.75. The number of H-pyrrole nitrogens is 1. The molecule has 1 saturated heterocycles. The van der Waals surface area contributed by atoms with Gasteiger partial charge in [-0.15, -0.1) is 0 Å². The Morgan fingerprint density at radius 2 is 2.19 bits per heavy atom. The molecular weight excluding hydrogens is 422 g/mol. The molecule has 0 atom stereocenters. The number of carbonyl (C=O) groups excluding carboxylic acids is 2. The molecule has 0 aliphatic carbocycles. The lowest BCUT2D eigenvalue weighted by Crippen LogP contribution is -2.47. The number of amides is 2. The van der Waals surface area contributed by atoms with Crippen LogP contribution in [-0.2, 0) is 4.79 Å². The molecule has 2 heterocycles. The summed E-state index contributed by atoms with van der Waals surface area (Å²) < 4.78 is 0.659. The predicted octanol–water partition coefficient (Wildman–Crippen LogP) is 3.14.